The van der Waals surface area contributed by atoms with Gasteiger partial charge in [-0.15, -0.1) is 0 Å². The van der Waals surface area contributed by atoms with Crippen LogP contribution in [-0.4, -0.2) is 39.9 Å². The molecule has 0 aliphatic rings. The lowest BCUT2D eigenvalue weighted by atomic mass is 10.1. The molecule has 0 saturated heterocycles. The number of amides is 1. The van der Waals surface area contributed by atoms with Crippen molar-refractivity contribution in [1.29, 1.82) is 0 Å². The molecule has 1 atom stereocenters. The van der Waals surface area contributed by atoms with Crippen LogP contribution < -0.4 is 14.8 Å². The molecule has 0 aliphatic heterocycles. The fourth-order valence-electron chi connectivity index (χ4n) is 1.54. The minimum Gasteiger partial charge on any atom is -0.497 e. The summed E-state index contributed by atoms with van der Waals surface area (Å²) in [5.74, 6) is 0.981. The minimum atomic E-state index is -0.184. The number of carbonyl (C=O) groups is 1. The summed E-state index contributed by atoms with van der Waals surface area (Å²) in [6, 6.07) is 4.99. The molecule has 0 radical (unpaired) electrons. The first-order valence-electron chi connectivity index (χ1n) is 5.63. The second kappa shape index (κ2) is 6.86. The number of carbonyl (C=O) groups excluding carboxylic acids is 1. The average molecular weight is 253 g/mol. The Morgan fingerprint density at radius 3 is 2.17 bits per heavy atom. The summed E-state index contributed by atoms with van der Waals surface area (Å²) in [6.45, 7) is 2.34. The van der Waals surface area contributed by atoms with Gasteiger partial charge >= 0.3 is 0 Å². The van der Waals surface area contributed by atoms with Crippen molar-refractivity contribution < 1.29 is 19.0 Å². The Labute approximate surface area is 107 Å². The van der Waals surface area contributed by atoms with Gasteiger partial charge in [-0.3, -0.25) is 4.79 Å². The molecule has 1 N–H and O–H groups in total. The fraction of sp³-hybridized carbons (Fsp3) is 0.462. The Morgan fingerprint density at radius 2 is 1.72 bits per heavy atom. The quantitative estimate of drug-likeness (QED) is 0.834. The van der Waals surface area contributed by atoms with Crippen LogP contribution in [0.2, 0.25) is 0 Å². The molecule has 1 amide bonds. The molecule has 0 aromatic heterocycles. The standard InChI is InChI=1S/C13H19NO4/c1-9(8-16-2)14-13(15)10-5-11(17-3)7-12(6-10)18-4/h5-7,9H,8H2,1-4H3,(H,14,15)/t9-/m1/s1. The van der Waals surface area contributed by atoms with Crippen LogP contribution in [0, 0.1) is 0 Å². The van der Waals surface area contributed by atoms with E-state index >= 15 is 0 Å². The Kier molecular flexibility index (Phi) is 5.45. The maximum atomic E-state index is 12.0. The van der Waals surface area contributed by atoms with Gasteiger partial charge < -0.3 is 19.5 Å². The molecule has 0 fully saturated rings. The lowest BCUT2D eigenvalue weighted by molar-refractivity contribution is 0.0905. The summed E-state index contributed by atoms with van der Waals surface area (Å²) < 4.78 is 15.2. The van der Waals surface area contributed by atoms with Crippen LogP contribution in [-0.2, 0) is 4.74 Å². The highest BCUT2D eigenvalue weighted by Gasteiger charge is 2.12. The third kappa shape index (κ3) is 3.92. The summed E-state index contributed by atoms with van der Waals surface area (Å²) in [4.78, 5) is 12.0. The highest BCUT2D eigenvalue weighted by atomic mass is 16.5. The molecule has 0 spiro atoms. The molecule has 0 bridgehead atoms. The maximum absolute atomic E-state index is 12.0. The van der Waals surface area contributed by atoms with Crippen molar-refractivity contribution in [3.05, 3.63) is 23.8 Å². The molecule has 1 rings (SSSR count). The second-order valence-corrected chi connectivity index (χ2v) is 3.93. The van der Waals surface area contributed by atoms with Crippen LogP contribution >= 0.6 is 0 Å². The van der Waals surface area contributed by atoms with Crippen LogP contribution in [0.25, 0.3) is 0 Å². The van der Waals surface area contributed by atoms with Crippen LogP contribution in [0.15, 0.2) is 18.2 Å². The molecule has 1 aromatic rings. The van der Waals surface area contributed by atoms with E-state index in [1.165, 1.54) is 0 Å². The Hall–Kier alpha value is -1.75. The number of hydrogen-bond donors (Lipinski definition) is 1. The van der Waals surface area contributed by atoms with Gasteiger partial charge in [0.25, 0.3) is 5.91 Å². The SMILES string of the molecule is COC[C@@H](C)NC(=O)c1cc(OC)cc(OC)c1. The predicted octanol–water partition coefficient (Wildman–Crippen LogP) is 1.47. The molecule has 0 heterocycles. The zero-order chi connectivity index (χ0) is 13.5. The number of rotatable bonds is 6. The van der Waals surface area contributed by atoms with Gasteiger partial charge in [-0.25, -0.2) is 0 Å². The van der Waals surface area contributed by atoms with E-state index < -0.39 is 0 Å². The summed E-state index contributed by atoms with van der Waals surface area (Å²) in [5, 5.41) is 2.82. The van der Waals surface area contributed by atoms with E-state index in [4.69, 9.17) is 14.2 Å². The van der Waals surface area contributed by atoms with Crippen LogP contribution in [0.4, 0.5) is 0 Å². The molecule has 5 heteroatoms. The van der Waals surface area contributed by atoms with Gasteiger partial charge in [0.2, 0.25) is 0 Å². The van der Waals surface area contributed by atoms with E-state index in [2.05, 4.69) is 5.32 Å². The van der Waals surface area contributed by atoms with Gasteiger partial charge in [-0.2, -0.15) is 0 Å². The summed E-state index contributed by atoms with van der Waals surface area (Å²) >= 11 is 0. The summed E-state index contributed by atoms with van der Waals surface area (Å²) in [5.41, 5.74) is 0.495. The molecule has 18 heavy (non-hydrogen) atoms. The van der Waals surface area contributed by atoms with Gasteiger partial charge in [0.15, 0.2) is 0 Å². The van der Waals surface area contributed by atoms with Crippen molar-refractivity contribution in [1.82, 2.24) is 5.32 Å². The highest BCUT2D eigenvalue weighted by molar-refractivity contribution is 5.95. The third-order valence-electron chi connectivity index (χ3n) is 2.41. The van der Waals surface area contributed by atoms with Gasteiger partial charge in [0.1, 0.15) is 11.5 Å². The van der Waals surface area contributed by atoms with E-state index in [9.17, 15) is 4.79 Å². The molecule has 0 unspecified atom stereocenters. The maximum Gasteiger partial charge on any atom is 0.251 e. The molecule has 0 saturated carbocycles. The number of nitrogens with one attached hydrogen (secondary N) is 1. The van der Waals surface area contributed by atoms with E-state index in [0.717, 1.165) is 0 Å². The molecular weight excluding hydrogens is 234 g/mol. The van der Waals surface area contributed by atoms with Crippen LogP contribution in [0.1, 0.15) is 17.3 Å². The first-order chi connectivity index (χ1) is 8.60. The van der Waals surface area contributed by atoms with Crippen molar-refractivity contribution in [2.75, 3.05) is 27.9 Å². The number of benzene rings is 1. The minimum absolute atomic E-state index is 0.0558. The molecule has 1 aromatic carbocycles. The van der Waals surface area contributed by atoms with Gasteiger partial charge in [0, 0.05) is 24.8 Å². The van der Waals surface area contributed by atoms with Gasteiger partial charge in [0.05, 0.1) is 20.8 Å². The predicted molar refractivity (Wildman–Crippen MR) is 68.4 cm³/mol. The monoisotopic (exact) mass is 253 g/mol. The van der Waals surface area contributed by atoms with Gasteiger partial charge in [-0.1, -0.05) is 0 Å². The second-order valence-electron chi connectivity index (χ2n) is 3.93. The Balaban J connectivity index is 2.84. The first kappa shape index (κ1) is 14.3. The normalized spacial score (nSPS) is 11.8. The fourth-order valence-corrected chi connectivity index (χ4v) is 1.54. The van der Waals surface area contributed by atoms with Crippen molar-refractivity contribution >= 4 is 5.91 Å². The van der Waals surface area contributed by atoms with E-state index in [0.29, 0.717) is 23.7 Å². The number of methoxy groups -OCH3 is 3. The van der Waals surface area contributed by atoms with E-state index in [-0.39, 0.29) is 11.9 Å². The number of ether oxygens (including phenoxy) is 3. The summed E-state index contributed by atoms with van der Waals surface area (Å²) in [6.07, 6.45) is 0. The average Bonchev–Trinajstić information content (AvgIpc) is 2.38. The highest BCUT2D eigenvalue weighted by Crippen LogP contribution is 2.22. The lowest BCUT2D eigenvalue weighted by Crippen LogP contribution is -2.35. The lowest BCUT2D eigenvalue weighted by Gasteiger charge is -2.14. The van der Waals surface area contributed by atoms with Crippen molar-refractivity contribution in [3.63, 3.8) is 0 Å². The molecule has 100 valence electrons. The number of hydrogen-bond acceptors (Lipinski definition) is 4. The third-order valence-corrected chi connectivity index (χ3v) is 2.41. The molecule has 5 nitrogen and oxygen atoms in total. The summed E-state index contributed by atoms with van der Waals surface area (Å²) in [7, 11) is 4.69. The Bertz CT molecular complexity index is 384. The van der Waals surface area contributed by atoms with Crippen LogP contribution in [0.5, 0.6) is 11.5 Å². The smallest absolute Gasteiger partial charge is 0.251 e. The van der Waals surface area contributed by atoms with Gasteiger partial charge in [-0.05, 0) is 19.1 Å². The molecular formula is C13H19NO4. The first-order valence-corrected chi connectivity index (χ1v) is 5.63. The van der Waals surface area contributed by atoms with E-state index in [1.54, 1.807) is 39.5 Å². The van der Waals surface area contributed by atoms with Crippen LogP contribution in [0.3, 0.4) is 0 Å². The largest absolute Gasteiger partial charge is 0.497 e. The zero-order valence-electron chi connectivity index (χ0n) is 11.1. The zero-order valence-corrected chi connectivity index (χ0v) is 11.1. The van der Waals surface area contributed by atoms with Crippen molar-refractivity contribution in [3.8, 4) is 11.5 Å². The Morgan fingerprint density at radius 1 is 1.17 bits per heavy atom. The van der Waals surface area contributed by atoms with Crippen molar-refractivity contribution in [2.24, 2.45) is 0 Å². The van der Waals surface area contributed by atoms with E-state index in [1.807, 2.05) is 6.92 Å². The molecule has 0 aliphatic carbocycles. The van der Waals surface area contributed by atoms with Crippen molar-refractivity contribution in [2.45, 2.75) is 13.0 Å². The topological polar surface area (TPSA) is 56.8 Å².